The Balaban J connectivity index is 1.45. The van der Waals surface area contributed by atoms with Crippen molar-refractivity contribution in [3.63, 3.8) is 0 Å². The van der Waals surface area contributed by atoms with Crippen molar-refractivity contribution in [1.29, 1.82) is 0 Å². The Morgan fingerprint density at radius 2 is 1.83 bits per heavy atom. The first kappa shape index (κ1) is 21.6. The van der Waals surface area contributed by atoms with Gasteiger partial charge in [0.1, 0.15) is 11.6 Å². The lowest BCUT2D eigenvalue weighted by Crippen LogP contribution is -2.49. The van der Waals surface area contributed by atoms with Crippen LogP contribution in [0.2, 0.25) is 0 Å². The SMILES string of the molecule is COc1ccc(Br)cc1CN(C)CCC(=O)N1CCN(c2ccc(F)cc2)CC1. The molecule has 5 nitrogen and oxygen atoms in total. The van der Waals surface area contributed by atoms with Crippen molar-refractivity contribution in [3.05, 3.63) is 58.3 Å². The first-order chi connectivity index (χ1) is 14.0. The minimum absolute atomic E-state index is 0.178. The van der Waals surface area contributed by atoms with Gasteiger partial charge in [0.05, 0.1) is 7.11 Å². The van der Waals surface area contributed by atoms with Crippen molar-refractivity contribution in [3.8, 4) is 5.75 Å². The third kappa shape index (κ3) is 5.93. The molecule has 7 heteroatoms. The molecule has 2 aromatic carbocycles. The lowest BCUT2D eigenvalue weighted by molar-refractivity contribution is -0.131. The number of rotatable bonds is 7. The average molecular weight is 464 g/mol. The molecule has 29 heavy (non-hydrogen) atoms. The second-order valence-corrected chi connectivity index (χ2v) is 8.20. The molecule has 0 radical (unpaired) electrons. The number of carbonyl (C=O) groups excluding carboxylic acids is 1. The molecule has 3 rings (SSSR count). The molecular weight excluding hydrogens is 437 g/mol. The number of amides is 1. The maximum atomic E-state index is 13.1. The molecule has 1 heterocycles. The van der Waals surface area contributed by atoms with Crippen LogP contribution in [0, 0.1) is 5.82 Å². The fourth-order valence-electron chi connectivity index (χ4n) is 3.55. The molecule has 0 saturated carbocycles. The summed E-state index contributed by atoms with van der Waals surface area (Å²) < 4.78 is 19.5. The number of ether oxygens (including phenoxy) is 1. The molecule has 1 aliphatic rings. The van der Waals surface area contributed by atoms with Gasteiger partial charge in [0, 0.05) is 61.4 Å². The molecule has 0 aliphatic carbocycles. The first-order valence-electron chi connectivity index (χ1n) is 9.75. The summed E-state index contributed by atoms with van der Waals surface area (Å²) in [6.07, 6.45) is 0.489. The standard InChI is InChI=1S/C22H27BrFN3O2/c1-25(16-17-15-18(23)3-8-21(17)29-2)10-9-22(28)27-13-11-26(12-14-27)20-6-4-19(24)5-7-20/h3-8,15H,9-14,16H2,1-2H3. The van der Waals surface area contributed by atoms with Crippen molar-refractivity contribution in [2.45, 2.75) is 13.0 Å². The van der Waals surface area contributed by atoms with Crippen LogP contribution in [0.25, 0.3) is 0 Å². The van der Waals surface area contributed by atoms with Crippen LogP contribution in [-0.4, -0.2) is 62.6 Å². The predicted octanol–water partition coefficient (Wildman–Crippen LogP) is 3.77. The van der Waals surface area contributed by atoms with E-state index in [-0.39, 0.29) is 11.7 Å². The summed E-state index contributed by atoms with van der Waals surface area (Å²) in [5.41, 5.74) is 2.09. The van der Waals surface area contributed by atoms with Gasteiger partial charge in [-0.05, 0) is 49.5 Å². The first-order valence-corrected chi connectivity index (χ1v) is 10.5. The van der Waals surface area contributed by atoms with E-state index in [0.29, 0.717) is 32.6 Å². The third-order valence-electron chi connectivity index (χ3n) is 5.21. The molecule has 0 bridgehead atoms. The van der Waals surface area contributed by atoms with Gasteiger partial charge in [-0.2, -0.15) is 0 Å². The number of carbonyl (C=O) groups is 1. The molecule has 0 unspecified atom stereocenters. The number of halogens is 2. The Morgan fingerprint density at radius 3 is 2.48 bits per heavy atom. The Labute approximate surface area is 180 Å². The number of hydrogen-bond acceptors (Lipinski definition) is 4. The van der Waals surface area contributed by atoms with Crippen molar-refractivity contribution in [2.24, 2.45) is 0 Å². The highest BCUT2D eigenvalue weighted by Gasteiger charge is 2.21. The van der Waals surface area contributed by atoms with Gasteiger partial charge in [-0.1, -0.05) is 15.9 Å². The zero-order valence-electron chi connectivity index (χ0n) is 16.9. The van der Waals surface area contributed by atoms with Gasteiger partial charge < -0.3 is 19.4 Å². The molecule has 156 valence electrons. The lowest BCUT2D eigenvalue weighted by atomic mass is 10.2. The van der Waals surface area contributed by atoms with Gasteiger partial charge >= 0.3 is 0 Å². The van der Waals surface area contributed by atoms with E-state index < -0.39 is 0 Å². The summed E-state index contributed by atoms with van der Waals surface area (Å²) in [6, 6.07) is 12.5. The van der Waals surface area contributed by atoms with Gasteiger partial charge in [0.2, 0.25) is 5.91 Å². The van der Waals surface area contributed by atoms with E-state index in [1.807, 2.05) is 30.1 Å². The molecule has 1 amide bonds. The summed E-state index contributed by atoms with van der Waals surface area (Å²) in [6.45, 7) is 4.32. The summed E-state index contributed by atoms with van der Waals surface area (Å²) in [5, 5.41) is 0. The Bertz CT molecular complexity index is 823. The molecule has 1 aliphatic heterocycles. The van der Waals surface area contributed by atoms with Gasteiger partial charge in [-0.15, -0.1) is 0 Å². The topological polar surface area (TPSA) is 36.0 Å². The van der Waals surface area contributed by atoms with Crippen molar-refractivity contribution < 1.29 is 13.9 Å². The summed E-state index contributed by atoms with van der Waals surface area (Å²) in [5.74, 6) is 0.798. The van der Waals surface area contributed by atoms with E-state index in [2.05, 4.69) is 25.7 Å². The Kier molecular flexibility index (Phi) is 7.50. The number of piperazine rings is 1. The van der Waals surface area contributed by atoms with E-state index >= 15 is 0 Å². The lowest BCUT2D eigenvalue weighted by Gasteiger charge is -2.36. The highest BCUT2D eigenvalue weighted by atomic mass is 79.9. The molecule has 0 spiro atoms. The molecule has 1 fully saturated rings. The molecule has 2 aromatic rings. The molecule has 0 aromatic heterocycles. The maximum Gasteiger partial charge on any atom is 0.223 e. The van der Waals surface area contributed by atoms with Crippen molar-refractivity contribution in [2.75, 3.05) is 51.8 Å². The number of anilines is 1. The van der Waals surface area contributed by atoms with Gasteiger partial charge in [0.15, 0.2) is 0 Å². The van der Waals surface area contributed by atoms with Crippen LogP contribution in [-0.2, 0) is 11.3 Å². The maximum absolute atomic E-state index is 13.1. The van der Waals surface area contributed by atoms with Crippen LogP contribution in [0.3, 0.4) is 0 Å². The zero-order chi connectivity index (χ0) is 20.8. The van der Waals surface area contributed by atoms with E-state index in [1.165, 1.54) is 12.1 Å². The smallest absolute Gasteiger partial charge is 0.223 e. The van der Waals surface area contributed by atoms with Gasteiger partial charge in [-0.3, -0.25) is 4.79 Å². The largest absolute Gasteiger partial charge is 0.496 e. The minimum atomic E-state index is -0.229. The highest BCUT2D eigenvalue weighted by molar-refractivity contribution is 9.10. The van der Waals surface area contributed by atoms with Crippen LogP contribution in [0.1, 0.15) is 12.0 Å². The highest BCUT2D eigenvalue weighted by Crippen LogP contribution is 2.24. The number of hydrogen-bond donors (Lipinski definition) is 0. The van der Waals surface area contributed by atoms with Crippen molar-refractivity contribution in [1.82, 2.24) is 9.80 Å². The summed E-state index contributed by atoms with van der Waals surface area (Å²) in [7, 11) is 3.68. The van der Waals surface area contributed by atoms with Crippen LogP contribution < -0.4 is 9.64 Å². The van der Waals surface area contributed by atoms with Crippen LogP contribution in [0.5, 0.6) is 5.75 Å². The van der Waals surface area contributed by atoms with Crippen LogP contribution in [0.4, 0.5) is 10.1 Å². The van der Waals surface area contributed by atoms with Gasteiger partial charge in [0.25, 0.3) is 0 Å². The van der Waals surface area contributed by atoms with Crippen LogP contribution >= 0.6 is 15.9 Å². The zero-order valence-corrected chi connectivity index (χ0v) is 18.5. The summed E-state index contributed by atoms with van der Waals surface area (Å²) in [4.78, 5) is 18.9. The minimum Gasteiger partial charge on any atom is -0.496 e. The van der Waals surface area contributed by atoms with E-state index in [1.54, 1.807) is 19.2 Å². The number of benzene rings is 2. The predicted molar refractivity (Wildman–Crippen MR) is 117 cm³/mol. The Morgan fingerprint density at radius 1 is 1.14 bits per heavy atom. The molecular formula is C22H27BrFN3O2. The molecule has 0 atom stereocenters. The number of methoxy groups -OCH3 is 1. The second-order valence-electron chi connectivity index (χ2n) is 7.29. The van der Waals surface area contributed by atoms with E-state index in [9.17, 15) is 9.18 Å². The van der Waals surface area contributed by atoms with Crippen LogP contribution in [0.15, 0.2) is 46.9 Å². The Hall–Kier alpha value is -2.12. The fourth-order valence-corrected chi connectivity index (χ4v) is 3.96. The average Bonchev–Trinajstić information content (AvgIpc) is 2.73. The number of nitrogens with zero attached hydrogens (tertiary/aromatic N) is 3. The third-order valence-corrected chi connectivity index (χ3v) is 5.71. The molecule has 0 N–H and O–H groups in total. The van der Waals surface area contributed by atoms with E-state index in [0.717, 1.165) is 34.6 Å². The monoisotopic (exact) mass is 463 g/mol. The second kappa shape index (κ2) is 10.1. The molecule has 1 saturated heterocycles. The van der Waals surface area contributed by atoms with Crippen molar-refractivity contribution >= 4 is 27.5 Å². The van der Waals surface area contributed by atoms with Gasteiger partial charge in [-0.25, -0.2) is 4.39 Å². The quantitative estimate of drug-likeness (QED) is 0.625. The van der Waals surface area contributed by atoms with E-state index in [4.69, 9.17) is 4.74 Å². The normalized spacial score (nSPS) is 14.4. The fraction of sp³-hybridized carbons (Fsp3) is 0.409. The summed E-state index contributed by atoms with van der Waals surface area (Å²) >= 11 is 3.50.